The number of amides is 1. The second kappa shape index (κ2) is 10.2. The number of alkyl halides is 1. The highest BCUT2D eigenvalue weighted by molar-refractivity contribution is 7.99. The van der Waals surface area contributed by atoms with Gasteiger partial charge < -0.3 is 14.4 Å². The van der Waals surface area contributed by atoms with Crippen LogP contribution in [0.15, 0.2) is 53.4 Å². The summed E-state index contributed by atoms with van der Waals surface area (Å²) in [6.07, 6.45) is -0.0935. The third-order valence-electron chi connectivity index (χ3n) is 5.17. The minimum absolute atomic E-state index is 0.143. The zero-order chi connectivity index (χ0) is 21.7. The molecule has 3 atom stereocenters. The van der Waals surface area contributed by atoms with E-state index >= 15 is 0 Å². The number of anilines is 1. The quantitative estimate of drug-likeness (QED) is 0.438. The summed E-state index contributed by atoms with van der Waals surface area (Å²) in [5.41, 5.74) is 1.71. The van der Waals surface area contributed by atoms with E-state index in [0.717, 1.165) is 28.3 Å². The van der Waals surface area contributed by atoms with Crippen LogP contribution in [0.4, 0.5) is 5.69 Å². The van der Waals surface area contributed by atoms with Gasteiger partial charge >= 0.3 is 5.97 Å². The SMILES string of the molecule is CCC(CCl)CN1C(=O)[C@@H](OC(C)=O)[C@@H](c2ccc(OC)cc2)Sc2ccccc21. The van der Waals surface area contributed by atoms with Gasteiger partial charge in [0.05, 0.1) is 18.0 Å². The van der Waals surface area contributed by atoms with Crippen molar-refractivity contribution in [2.75, 3.05) is 24.4 Å². The molecule has 1 heterocycles. The molecular formula is C23H26ClNO4S. The van der Waals surface area contributed by atoms with E-state index in [2.05, 4.69) is 6.92 Å². The molecule has 7 heteroatoms. The van der Waals surface area contributed by atoms with Crippen molar-refractivity contribution in [3.63, 3.8) is 0 Å². The van der Waals surface area contributed by atoms with Gasteiger partial charge in [-0.25, -0.2) is 0 Å². The number of nitrogens with zero attached hydrogens (tertiary/aromatic N) is 1. The zero-order valence-corrected chi connectivity index (χ0v) is 18.9. The maximum atomic E-state index is 13.7. The highest BCUT2D eigenvalue weighted by Gasteiger charge is 2.41. The Morgan fingerprint density at radius 3 is 2.50 bits per heavy atom. The number of esters is 1. The Morgan fingerprint density at radius 1 is 1.20 bits per heavy atom. The predicted octanol–water partition coefficient (Wildman–Crippen LogP) is 5.07. The van der Waals surface area contributed by atoms with E-state index in [1.807, 2.05) is 48.5 Å². The molecular weight excluding hydrogens is 422 g/mol. The van der Waals surface area contributed by atoms with Gasteiger partial charge in [0, 0.05) is 24.2 Å². The lowest BCUT2D eigenvalue weighted by atomic mass is 10.0. The van der Waals surface area contributed by atoms with Gasteiger partial charge in [0.15, 0.2) is 6.10 Å². The van der Waals surface area contributed by atoms with Gasteiger partial charge in [-0.05, 0) is 35.7 Å². The van der Waals surface area contributed by atoms with Crippen LogP contribution in [0.3, 0.4) is 0 Å². The molecule has 2 aromatic carbocycles. The van der Waals surface area contributed by atoms with Gasteiger partial charge in [-0.1, -0.05) is 37.6 Å². The second-order valence-electron chi connectivity index (χ2n) is 7.19. The van der Waals surface area contributed by atoms with Crippen molar-refractivity contribution in [1.29, 1.82) is 0 Å². The largest absolute Gasteiger partial charge is 0.497 e. The molecule has 0 radical (unpaired) electrons. The molecule has 0 N–H and O–H groups in total. The topological polar surface area (TPSA) is 55.8 Å². The van der Waals surface area contributed by atoms with Crippen molar-refractivity contribution in [2.45, 2.75) is 36.5 Å². The second-order valence-corrected chi connectivity index (χ2v) is 8.68. The first-order valence-electron chi connectivity index (χ1n) is 9.92. The molecule has 1 aliphatic rings. The van der Waals surface area contributed by atoms with E-state index in [4.69, 9.17) is 21.1 Å². The third kappa shape index (κ3) is 4.93. The number of benzene rings is 2. The fraction of sp³-hybridized carbons (Fsp3) is 0.391. The van der Waals surface area contributed by atoms with Crippen LogP contribution in [0.2, 0.25) is 0 Å². The average Bonchev–Trinajstić information content (AvgIpc) is 2.87. The Bertz CT molecular complexity index is 885. The number of carbonyl (C=O) groups excluding carboxylic acids is 2. The standard InChI is InChI=1S/C23H26ClNO4S/c1-4-16(13-24)14-25-19-7-5-6-8-20(19)30-22(21(23(25)27)29-15(2)26)17-9-11-18(28-3)12-10-17/h5-12,16,21-22H,4,13-14H2,1-3H3/t16?,21-,22+/m0/s1. The molecule has 5 nitrogen and oxygen atoms in total. The molecule has 2 aromatic rings. The number of rotatable bonds is 7. The molecule has 30 heavy (non-hydrogen) atoms. The van der Waals surface area contributed by atoms with E-state index in [1.165, 1.54) is 18.7 Å². The maximum absolute atomic E-state index is 13.7. The number of halogens is 1. The van der Waals surface area contributed by atoms with Gasteiger partial charge in [0.2, 0.25) is 0 Å². The first kappa shape index (κ1) is 22.5. The molecule has 0 bridgehead atoms. The van der Waals surface area contributed by atoms with Gasteiger partial charge in [-0.2, -0.15) is 0 Å². The van der Waals surface area contributed by atoms with Crippen molar-refractivity contribution in [3.8, 4) is 5.75 Å². The van der Waals surface area contributed by atoms with Gasteiger partial charge in [0.25, 0.3) is 5.91 Å². The zero-order valence-electron chi connectivity index (χ0n) is 17.3. The summed E-state index contributed by atoms with van der Waals surface area (Å²) in [6, 6.07) is 15.3. The maximum Gasteiger partial charge on any atom is 0.303 e. The summed E-state index contributed by atoms with van der Waals surface area (Å²) in [4.78, 5) is 28.3. The van der Waals surface area contributed by atoms with E-state index in [0.29, 0.717) is 12.4 Å². The number of para-hydroxylation sites is 1. The molecule has 1 aliphatic heterocycles. The normalized spacial score (nSPS) is 19.6. The van der Waals surface area contributed by atoms with Crippen LogP contribution < -0.4 is 9.64 Å². The number of thioether (sulfide) groups is 1. The molecule has 1 unspecified atom stereocenters. The lowest BCUT2D eigenvalue weighted by Crippen LogP contribution is -2.45. The van der Waals surface area contributed by atoms with Crippen LogP contribution in [0, 0.1) is 5.92 Å². The molecule has 160 valence electrons. The van der Waals surface area contributed by atoms with Crippen molar-refractivity contribution in [3.05, 3.63) is 54.1 Å². The summed E-state index contributed by atoms with van der Waals surface area (Å²) >= 11 is 7.67. The Morgan fingerprint density at radius 2 is 1.90 bits per heavy atom. The summed E-state index contributed by atoms with van der Waals surface area (Å²) < 4.78 is 10.9. The lowest BCUT2D eigenvalue weighted by molar-refractivity contribution is -0.152. The minimum Gasteiger partial charge on any atom is -0.497 e. The molecule has 3 rings (SSSR count). The van der Waals surface area contributed by atoms with Gasteiger partial charge in [0.1, 0.15) is 5.75 Å². The Hall–Kier alpha value is -2.18. The lowest BCUT2D eigenvalue weighted by Gasteiger charge is -2.29. The highest BCUT2D eigenvalue weighted by atomic mass is 35.5. The molecule has 0 spiro atoms. The minimum atomic E-state index is -0.943. The van der Waals surface area contributed by atoms with Crippen LogP contribution in [-0.4, -0.2) is 37.5 Å². The predicted molar refractivity (Wildman–Crippen MR) is 120 cm³/mol. The van der Waals surface area contributed by atoms with E-state index in [-0.39, 0.29) is 17.1 Å². The fourth-order valence-corrected chi connectivity index (χ4v) is 5.08. The number of methoxy groups -OCH3 is 1. The smallest absolute Gasteiger partial charge is 0.303 e. The Balaban J connectivity index is 2.08. The molecule has 1 amide bonds. The van der Waals surface area contributed by atoms with Crippen molar-refractivity contribution >= 4 is 40.9 Å². The van der Waals surface area contributed by atoms with Crippen LogP contribution in [-0.2, 0) is 14.3 Å². The van der Waals surface area contributed by atoms with Crippen LogP contribution in [0.1, 0.15) is 31.1 Å². The van der Waals surface area contributed by atoms with Crippen molar-refractivity contribution in [1.82, 2.24) is 0 Å². The summed E-state index contributed by atoms with van der Waals surface area (Å²) in [6.45, 7) is 3.86. The van der Waals surface area contributed by atoms with Crippen molar-refractivity contribution < 1.29 is 19.1 Å². The molecule has 0 aliphatic carbocycles. The van der Waals surface area contributed by atoms with Crippen LogP contribution in [0.5, 0.6) is 5.75 Å². The van der Waals surface area contributed by atoms with Gasteiger partial charge in [-0.15, -0.1) is 23.4 Å². The van der Waals surface area contributed by atoms with Gasteiger partial charge in [-0.3, -0.25) is 9.59 Å². The Kier molecular flexibility index (Phi) is 7.67. The molecule has 0 fully saturated rings. The van der Waals surface area contributed by atoms with E-state index < -0.39 is 12.1 Å². The number of fused-ring (bicyclic) bond motifs is 1. The number of carbonyl (C=O) groups is 2. The highest BCUT2D eigenvalue weighted by Crippen LogP contribution is 2.47. The molecule has 0 aromatic heterocycles. The first-order chi connectivity index (χ1) is 14.5. The third-order valence-corrected chi connectivity index (χ3v) is 6.98. The average molecular weight is 448 g/mol. The fourth-order valence-electron chi connectivity index (χ4n) is 3.44. The molecule has 0 saturated heterocycles. The van der Waals surface area contributed by atoms with E-state index in [1.54, 1.807) is 12.0 Å². The first-order valence-corrected chi connectivity index (χ1v) is 11.3. The Labute approximate surface area is 186 Å². The summed E-state index contributed by atoms with van der Waals surface area (Å²) in [5, 5.41) is -0.380. The van der Waals surface area contributed by atoms with Crippen LogP contribution >= 0.6 is 23.4 Å². The van der Waals surface area contributed by atoms with Crippen molar-refractivity contribution in [2.24, 2.45) is 5.92 Å². The van der Waals surface area contributed by atoms with Crippen LogP contribution in [0.25, 0.3) is 0 Å². The monoisotopic (exact) mass is 447 g/mol. The molecule has 0 saturated carbocycles. The summed E-state index contributed by atoms with van der Waals surface area (Å²) in [7, 11) is 1.61. The number of ether oxygens (including phenoxy) is 2. The number of hydrogen-bond donors (Lipinski definition) is 0. The van der Waals surface area contributed by atoms with E-state index in [9.17, 15) is 9.59 Å². The summed E-state index contributed by atoms with van der Waals surface area (Å²) in [5.74, 6) is 0.608. The number of hydrogen-bond acceptors (Lipinski definition) is 5.